The standard InChI is InChI=1S/C36H28Cl2N2O4S2/c1-3-43-35(42)31-32(22-9-5-4-6-10-22)39-36-40(33(31)23-13-16-27(45-2)17-14-23)34(41)30(46-36)20-25-19-26(37)15-18-29(25)44-21-24-11-7-8-12-28(24)38/h4-20,33H,3,21H2,1-2H3/b30-20-/t33-/m1/s1. The summed E-state index contributed by atoms with van der Waals surface area (Å²) in [5.74, 6) is 0.0139. The zero-order valence-corrected chi connectivity index (χ0v) is 28.1. The molecule has 232 valence electrons. The van der Waals surface area contributed by atoms with Crippen molar-refractivity contribution in [3.05, 3.63) is 155 Å². The SMILES string of the molecule is CCOC(=O)C1=C(c2ccccc2)N=c2s/c(=C\c3cc(Cl)ccc3OCc3ccccc3Cl)c(=O)n2[C@@H]1c1ccc(SC)cc1. The highest BCUT2D eigenvalue weighted by Gasteiger charge is 2.35. The third-order valence-corrected chi connectivity index (χ3v) is 9.74. The molecule has 0 saturated carbocycles. The van der Waals surface area contributed by atoms with Gasteiger partial charge in [-0.25, -0.2) is 9.79 Å². The van der Waals surface area contributed by atoms with Crippen LogP contribution in [-0.4, -0.2) is 23.4 Å². The summed E-state index contributed by atoms with van der Waals surface area (Å²) in [6, 6.07) is 29.3. The molecule has 6 nitrogen and oxygen atoms in total. The predicted molar refractivity (Wildman–Crippen MR) is 187 cm³/mol. The fourth-order valence-corrected chi connectivity index (χ4v) is 6.99. The van der Waals surface area contributed by atoms with E-state index >= 15 is 0 Å². The van der Waals surface area contributed by atoms with E-state index in [2.05, 4.69) is 0 Å². The predicted octanol–water partition coefficient (Wildman–Crippen LogP) is 7.54. The first kappa shape index (κ1) is 31.9. The second-order valence-electron chi connectivity index (χ2n) is 10.3. The Bertz CT molecular complexity index is 2120. The maximum Gasteiger partial charge on any atom is 0.338 e. The number of hydrogen-bond acceptors (Lipinski definition) is 7. The first-order chi connectivity index (χ1) is 22.4. The summed E-state index contributed by atoms with van der Waals surface area (Å²) in [6.45, 7) is 2.17. The van der Waals surface area contributed by atoms with Gasteiger partial charge in [0.15, 0.2) is 4.80 Å². The Kier molecular flexibility index (Phi) is 9.80. The van der Waals surface area contributed by atoms with Gasteiger partial charge in [-0.05, 0) is 61.2 Å². The van der Waals surface area contributed by atoms with Crippen LogP contribution in [0.3, 0.4) is 0 Å². The molecular weight excluding hydrogens is 659 g/mol. The highest BCUT2D eigenvalue weighted by molar-refractivity contribution is 7.98. The summed E-state index contributed by atoms with van der Waals surface area (Å²) in [6.07, 6.45) is 3.75. The molecule has 46 heavy (non-hydrogen) atoms. The number of carbonyl (C=O) groups excluding carboxylic acids is 1. The number of ether oxygens (including phenoxy) is 2. The van der Waals surface area contributed by atoms with Gasteiger partial charge in [0.2, 0.25) is 0 Å². The molecule has 1 aliphatic heterocycles. The van der Waals surface area contributed by atoms with Crippen molar-refractivity contribution in [2.45, 2.75) is 24.5 Å². The number of aromatic nitrogens is 1. The molecular formula is C36H28Cl2N2O4S2. The zero-order valence-electron chi connectivity index (χ0n) is 24.9. The van der Waals surface area contributed by atoms with Crippen LogP contribution in [0.2, 0.25) is 10.0 Å². The second kappa shape index (κ2) is 14.1. The van der Waals surface area contributed by atoms with E-state index in [1.165, 1.54) is 11.3 Å². The third-order valence-electron chi connectivity index (χ3n) is 7.40. The number of halogens is 2. The van der Waals surface area contributed by atoms with Crippen LogP contribution in [0.15, 0.2) is 117 Å². The minimum atomic E-state index is -0.765. The van der Waals surface area contributed by atoms with Crippen molar-refractivity contribution in [1.82, 2.24) is 4.57 Å². The molecule has 2 heterocycles. The average molecular weight is 688 g/mol. The molecule has 0 aliphatic carbocycles. The Balaban J connectivity index is 1.54. The largest absolute Gasteiger partial charge is 0.488 e. The van der Waals surface area contributed by atoms with Gasteiger partial charge in [-0.2, -0.15) is 0 Å². The van der Waals surface area contributed by atoms with Gasteiger partial charge in [0.1, 0.15) is 12.4 Å². The van der Waals surface area contributed by atoms with Gasteiger partial charge in [0.05, 0.1) is 28.5 Å². The number of rotatable bonds is 9. The zero-order chi connectivity index (χ0) is 32.2. The van der Waals surface area contributed by atoms with Crippen LogP contribution < -0.4 is 19.6 Å². The smallest absolute Gasteiger partial charge is 0.338 e. The highest BCUT2D eigenvalue weighted by Crippen LogP contribution is 2.36. The Morgan fingerprint density at radius 3 is 2.46 bits per heavy atom. The van der Waals surface area contributed by atoms with E-state index in [1.807, 2.05) is 85.1 Å². The topological polar surface area (TPSA) is 69.9 Å². The summed E-state index contributed by atoms with van der Waals surface area (Å²) in [5, 5.41) is 1.09. The van der Waals surface area contributed by atoms with Gasteiger partial charge >= 0.3 is 5.97 Å². The minimum Gasteiger partial charge on any atom is -0.488 e. The van der Waals surface area contributed by atoms with Gasteiger partial charge in [-0.1, -0.05) is 95.2 Å². The van der Waals surface area contributed by atoms with E-state index in [-0.39, 0.29) is 18.8 Å². The normalized spacial score (nSPS) is 14.5. The van der Waals surface area contributed by atoms with Crippen LogP contribution in [-0.2, 0) is 16.1 Å². The third kappa shape index (κ3) is 6.57. The van der Waals surface area contributed by atoms with Gasteiger partial charge < -0.3 is 9.47 Å². The number of nitrogens with zero attached hydrogens (tertiary/aromatic N) is 2. The number of hydrogen-bond donors (Lipinski definition) is 0. The fraction of sp³-hybridized carbons (Fsp3) is 0.139. The number of esters is 1. The van der Waals surface area contributed by atoms with Crippen LogP contribution in [0.5, 0.6) is 5.75 Å². The first-order valence-corrected chi connectivity index (χ1v) is 17.3. The number of benzene rings is 4. The van der Waals surface area contributed by atoms with E-state index in [0.29, 0.717) is 42.0 Å². The Hall–Kier alpha value is -4.08. The van der Waals surface area contributed by atoms with Crippen LogP contribution in [0.25, 0.3) is 11.8 Å². The lowest BCUT2D eigenvalue weighted by atomic mass is 9.93. The molecule has 5 aromatic rings. The molecule has 0 spiro atoms. The average Bonchev–Trinajstić information content (AvgIpc) is 3.38. The van der Waals surface area contributed by atoms with E-state index in [0.717, 1.165) is 21.6 Å². The molecule has 10 heteroatoms. The first-order valence-electron chi connectivity index (χ1n) is 14.5. The molecule has 0 bridgehead atoms. The summed E-state index contributed by atoms with van der Waals surface area (Å²) in [7, 11) is 0. The second-order valence-corrected chi connectivity index (χ2v) is 13.0. The fourth-order valence-electron chi connectivity index (χ4n) is 5.22. The van der Waals surface area contributed by atoms with E-state index in [4.69, 9.17) is 37.7 Å². The van der Waals surface area contributed by atoms with Crippen LogP contribution in [0.4, 0.5) is 0 Å². The molecule has 0 amide bonds. The molecule has 0 N–H and O–H groups in total. The number of thioether (sulfide) groups is 1. The monoisotopic (exact) mass is 686 g/mol. The molecule has 0 fully saturated rings. The molecule has 0 saturated heterocycles. The lowest BCUT2D eigenvalue weighted by Gasteiger charge is -2.26. The van der Waals surface area contributed by atoms with E-state index < -0.39 is 12.0 Å². The molecule has 1 aromatic heterocycles. The van der Waals surface area contributed by atoms with Crippen molar-refractivity contribution in [2.24, 2.45) is 4.99 Å². The van der Waals surface area contributed by atoms with Crippen molar-refractivity contribution in [1.29, 1.82) is 0 Å². The lowest BCUT2D eigenvalue weighted by Crippen LogP contribution is -2.40. The minimum absolute atomic E-state index is 0.179. The van der Waals surface area contributed by atoms with Gasteiger partial charge in [-0.15, -0.1) is 11.8 Å². The summed E-state index contributed by atoms with van der Waals surface area (Å²) in [4.78, 5) is 34.5. The van der Waals surface area contributed by atoms with Crippen molar-refractivity contribution in [2.75, 3.05) is 12.9 Å². The highest BCUT2D eigenvalue weighted by atomic mass is 35.5. The lowest BCUT2D eigenvalue weighted by molar-refractivity contribution is -0.138. The quantitative estimate of drug-likeness (QED) is 0.118. The van der Waals surface area contributed by atoms with Crippen LogP contribution in [0.1, 0.15) is 35.2 Å². The molecule has 0 radical (unpaired) electrons. The van der Waals surface area contributed by atoms with Gasteiger partial charge in [-0.3, -0.25) is 9.36 Å². The maximum absolute atomic E-state index is 14.3. The Morgan fingerprint density at radius 1 is 1.00 bits per heavy atom. The molecule has 1 atom stereocenters. The van der Waals surface area contributed by atoms with Crippen molar-refractivity contribution in [3.8, 4) is 5.75 Å². The number of fused-ring (bicyclic) bond motifs is 1. The summed E-state index contributed by atoms with van der Waals surface area (Å²) in [5.41, 5.74) is 3.44. The summed E-state index contributed by atoms with van der Waals surface area (Å²) >= 11 is 15.6. The Labute approximate surface area is 284 Å². The number of thiazole rings is 1. The van der Waals surface area contributed by atoms with Crippen molar-refractivity contribution >= 4 is 64.0 Å². The number of carbonyl (C=O) groups is 1. The maximum atomic E-state index is 14.3. The van der Waals surface area contributed by atoms with Gasteiger partial charge in [0, 0.05) is 31.6 Å². The Morgan fingerprint density at radius 2 is 1.74 bits per heavy atom. The van der Waals surface area contributed by atoms with Crippen LogP contribution >= 0.6 is 46.3 Å². The molecule has 4 aromatic carbocycles. The molecule has 0 unspecified atom stereocenters. The molecule has 6 rings (SSSR count). The van der Waals surface area contributed by atoms with Crippen LogP contribution in [0, 0.1) is 0 Å². The van der Waals surface area contributed by atoms with E-state index in [1.54, 1.807) is 47.5 Å². The molecule has 1 aliphatic rings. The van der Waals surface area contributed by atoms with Crippen molar-refractivity contribution < 1.29 is 14.3 Å². The summed E-state index contributed by atoms with van der Waals surface area (Å²) < 4.78 is 13.7. The van der Waals surface area contributed by atoms with Crippen molar-refractivity contribution in [3.63, 3.8) is 0 Å². The van der Waals surface area contributed by atoms with Gasteiger partial charge in [0.25, 0.3) is 5.56 Å². The van der Waals surface area contributed by atoms with E-state index in [9.17, 15) is 9.59 Å².